The van der Waals surface area contributed by atoms with Crippen LogP contribution in [0.5, 0.6) is 0 Å². The Morgan fingerprint density at radius 2 is 1.89 bits per heavy atom. The Morgan fingerprint density at radius 1 is 1.16 bits per heavy atom. The van der Waals surface area contributed by atoms with Gasteiger partial charge in [-0.3, -0.25) is 9.80 Å². The summed E-state index contributed by atoms with van der Waals surface area (Å²) < 4.78 is 2.18. The lowest BCUT2D eigenvalue weighted by Gasteiger charge is -2.35. The number of nitrogens with one attached hydrogen (secondary N) is 1. The molecule has 1 aromatic heterocycles. The van der Waals surface area contributed by atoms with Gasteiger partial charge in [-0.25, -0.2) is 0 Å². The third-order valence-electron chi connectivity index (χ3n) is 4.46. The SMILES string of the molecule is Cn1ccc(C(CN2CCNCC2)N2CCCC2)c1. The number of likely N-dealkylation sites (tertiary alicyclic amines) is 1. The van der Waals surface area contributed by atoms with E-state index >= 15 is 0 Å². The number of aryl methyl sites for hydroxylation is 1. The van der Waals surface area contributed by atoms with Crippen LogP contribution in [-0.4, -0.2) is 60.2 Å². The van der Waals surface area contributed by atoms with E-state index in [1.54, 1.807) is 0 Å². The molecule has 0 bridgehead atoms. The standard InChI is InChI=1S/C15H26N4/c1-17-9-4-14(12-17)15(19-7-2-3-8-19)13-18-10-5-16-6-11-18/h4,9,12,15-16H,2-3,5-8,10-11,13H2,1H3. The van der Waals surface area contributed by atoms with Crippen molar-refractivity contribution in [1.82, 2.24) is 19.7 Å². The van der Waals surface area contributed by atoms with Gasteiger partial charge in [0, 0.05) is 58.2 Å². The fourth-order valence-electron chi connectivity index (χ4n) is 3.35. The van der Waals surface area contributed by atoms with Crippen LogP contribution < -0.4 is 5.32 Å². The zero-order chi connectivity index (χ0) is 13.1. The average Bonchev–Trinajstić information content (AvgIpc) is 3.09. The molecule has 19 heavy (non-hydrogen) atoms. The molecule has 3 rings (SSSR count). The van der Waals surface area contributed by atoms with E-state index in [1.807, 2.05) is 0 Å². The van der Waals surface area contributed by atoms with Gasteiger partial charge in [0.2, 0.25) is 0 Å². The van der Waals surface area contributed by atoms with Crippen LogP contribution in [0.15, 0.2) is 18.5 Å². The van der Waals surface area contributed by atoms with Crippen LogP contribution in [0.25, 0.3) is 0 Å². The van der Waals surface area contributed by atoms with E-state index in [0.29, 0.717) is 6.04 Å². The summed E-state index contributed by atoms with van der Waals surface area (Å²) in [6.07, 6.45) is 7.21. The Morgan fingerprint density at radius 3 is 2.53 bits per heavy atom. The first-order chi connectivity index (χ1) is 9.33. The molecule has 1 N–H and O–H groups in total. The normalized spacial score (nSPS) is 23.8. The first-order valence-corrected chi connectivity index (χ1v) is 7.62. The number of rotatable bonds is 4. The molecule has 2 aliphatic rings. The molecule has 106 valence electrons. The van der Waals surface area contributed by atoms with Gasteiger partial charge >= 0.3 is 0 Å². The average molecular weight is 262 g/mol. The van der Waals surface area contributed by atoms with E-state index in [0.717, 1.165) is 13.1 Å². The fraction of sp³-hybridized carbons (Fsp3) is 0.733. The summed E-state index contributed by atoms with van der Waals surface area (Å²) >= 11 is 0. The molecule has 0 aromatic carbocycles. The molecule has 0 radical (unpaired) electrons. The lowest BCUT2D eigenvalue weighted by molar-refractivity contribution is 0.150. The van der Waals surface area contributed by atoms with Crippen LogP contribution in [0, 0.1) is 0 Å². The molecule has 0 saturated carbocycles. The summed E-state index contributed by atoms with van der Waals surface area (Å²) in [5.41, 5.74) is 1.49. The van der Waals surface area contributed by atoms with E-state index < -0.39 is 0 Å². The maximum absolute atomic E-state index is 3.44. The molecule has 0 aliphatic carbocycles. The van der Waals surface area contributed by atoms with Gasteiger partial charge in [-0.15, -0.1) is 0 Å². The molecule has 4 heteroatoms. The van der Waals surface area contributed by atoms with Crippen molar-refractivity contribution < 1.29 is 0 Å². The summed E-state index contributed by atoms with van der Waals surface area (Å²) in [6, 6.07) is 2.88. The summed E-state index contributed by atoms with van der Waals surface area (Å²) in [5, 5.41) is 3.44. The van der Waals surface area contributed by atoms with Crippen molar-refractivity contribution >= 4 is 0 Å². The van der Waals surface area contributed by atoms with Gasteiger partial charge in [0.1, 0.15) is 0 Å². The van der Waals surface area contributed by atoms with Crippen LogP contribution in [0.1, 0.15) is 24.4 Å². The summed E-state index contributed by atoms with van der Waals surface area (Å²) in [6.45, 7) is 8.39. The highest BCUT2D eigenvalue weighted by atomic mass is 15.2. The third-order valence-corrected chi connectivity index (χ3v) is 4.46. The van der Waals surface area contributed by atoms with E-state index in [4.69, 9.17) is 0 Å². The molecule has 2 saturated heterocycles. The second kappa shape index (κ2) is 6.07. The Kier molecular flexibility index (Phi) is 4.21. The van der Waals surface area contributed by atoms with E-state index in [-0.39, 0.29) is 0 Å². The predicted molar refractivity (Wildman–Crippen MR) is 78.3 cm³/mol. The van der Waals surface area contributed by atoms with Gasteiger partial charge in [0.25, 0.3) is 0 Å². The highest BCUT2D eigenvalue weighted by Gasteiger charge is 2.26. The monoisotopic (exact) mass is 262 g/mol. The van der Waals surface area contributed by atoms with Crippen LogP contribution in [0.2, 0.25) is 0 Å². The smallest absolute Gasteiger partial charge is 0.0490 e. The third kappa shape index (κ3) is 3.19. The number of piperazine rings is 1. The highest BCUT2D eigenvalue weighted by molar-refractivity contribution is 5.16. The van der Waals surface area contributed by atoms with Crippen LogP contribution >= 0.6 is 0 Å². The van der Waals surface area contributed by atoms with Crippen LogP contribution in [-0.2, 0) is 7.05 Å². The summed E-state index contributed by atoms with van der Waals surface area (Å²) in [7, 11) is 2.12. The highest BCUT2D eigenvalue weighted by Crippen LogP contribution is 2.26. The molecule has 4 nitrogen and oxygen atoms in total. The van der Waals surface area contributed by atoms with Gasteiger partial charge in [-0.1, -0.05) is 0 Å². The Bertz CT molecular complexity index is 389. The molecule has 1 unspecified atom stereocenters. The lowest BCUT2D eigenvalue weighted by atomic mass is 10.1. The van der Waals surface area contributed by atoms with E-state index in [2.05, 4.69) is 45.2 Å². The zero-order valence-corrected chi connectivity index (χ0v) is 12.0. The molecule has 2 aliphatic heterocycles. The van der Waals surface area contributed by atoms with Crippen molar-refractivity contribution in [2.45, 2.75) is 18.9 Å². The second-order valence-corrected chi connectivity index (χ2v) is 5.92. The van der Waals surface area contributed by atoms with Gasteiger partial charge in [0.05, 0.1) is 0 Å². The Hall–Kier alpha value is -0.840. The number of hydrogen-bond donors (Lipinski definition) is 1. The molecular formula is C15H26N4. The van der Waals surface area contributed by atoms with Gasteiger partial charge in [0.15, 0.2) is 0 Å². The predicted octanol–water partition coefficient (Wildman–Crippen LogP) is 1.07. The molecule has 0 amide bonds. The molecule has 1 atom stereocenters. The van der Waals surface area contributed by atoms with E-state index in [9.17, 15) is 0 Å². The van der Waals surface area contributed by atoms with Crippen LogP contribution in [0.3, 0.4) is 0 Å². The lowest BCUT2D eigenvalue weighted by Crippen LogP contribution is -2.47. The Labute approximate surface area is 116 Å². The van der Waals surface area contributed by atoms with Crippen molar-refractivity contribution in [3.05, 3.63) is 24.0 Å². The van der Waals surface area contributed by atoms with Gasteiger partial charge < -0.3 is 9.88 Å². The van der Waals surface area contributed by atoms with Crippen molar-refractivity contribution in [2.75, 3.05) is 45.8 Å². The van der Waals surface area contributed by atoms with Crippen molar-refractivity contribution in [3.8, 4) is 0 Å². The molecular weight excluding hydrogens is 236 g/mol. The Balaban J connectivity index is 1.71. The minimum atomic E-state index is 0.585. The van der Waals surface area contributed by atoms with E-state index in [1.165, 1.54) is 51.1 Å². The number of aromatic nitrogens is 1. The largest absolute Gasteiger partial charge is 0.357 e. The minimum Gasteiger partial charge on any atom is -0.357 e. The van der Waals surface area contributed by atoms with Gasteiger partial charge in [-0.05, 0) is 37.6 Å². The van der Waals surface area contributed by atoms with Crippen LogP contribution in [0.4, 0.5) is 0 Å². The summed E-state index contributed by atoms with van der Waals surface area (Å²) in [4.78, 5) is 5.30. The maximum atomic E-state index is 3.44. The quantitative estimate of drug-likeness (QED) is 0.878. The van der Waals surface area contributed by atoms with Crippen molar-refractivity contribution in [1.29, 1.82) is 0 Å². The van der Waals surface area contributed by atoms with Crippen molar-refractivity contribution in [2.24, 2.45) is 7.05 Å². The number of nitrogens with zero attached hydrogens (tertiary/aromatic N) is 3. The molecule has 1 aromatic rings. The number of hydrogen-bond acceptors (Lipinski definition) is 3. The molecule has 2 fully saturated rings. The minimum absolute atomic E-state index is 0.585. The van der Waals surface area contributed by atoms with Gasteiger partial charge in [-0.2, -0.15) is 0 Å². The molecule has 3 heterocycles. The topological polar surface area (TPSA) is 23.4 Å². The first kappa shape index (κ1) is 13.2. The van der Waals surface area contributed by atoms with Crippen molar-refractivity contribution in [3.63, 3.8) is 0 Å². The fourth-order valence-corrected chi connectivity index (χ4v) is 3.35. The molecule has 0 spiro atoms. The summed E-state index contributed by atoms with van der Waals surface area (Å²) in [5.74, 6) is 0. The zero-order valence-electron chi connectivity index (χ0n) is 12.0. The first-order valence-electron chi connectivity index (χ1n) is 7.62. The maximum Gasteiger partial charge on any atom is 0.0490 e. The second-order valence-electron chi connectivity index (χ2n) is 5.92.